The molecule has 1 aromatic heterocycles. The van der Waals surface area contributed by atoms with Crippen LogP contribution in [0.1, 0.15) is 29.9 Å². The van der Waals surface area contributed by atoms with Gasteiger partial charge in [0.05, 0.1) is 5.56 Å². The summed E-state index contributed by atoms with van der Waals surface area (Å²) in [6, 6.07) is 4.77. The second kappa shape index (κ2) is 4.80. The molecule has 18 heavy (non-hydrogen) atoms. The van der Waals surface area contributed by atoms with Crippen molar-refractivity contribution in [1.82, 2.24) is 10.3 Å². The van der Waals surface area contributed by atoms with E-state index in [2.05, 4.69) is 10.3 Å². The summed E-state index contributed by atoms with van der Waals surface area (Å²) in [5.74, 6) is -0.228. The number of H-pyrrole nitrogens is 1. The Labute approximate surface area is 105 Å². The lowest BCUT2D eigenvalue weighted by molar-refractivity contribution is 0.0950. The minimum absolute atomic E-state index is 0.224. The van der Waals surface area contributed by atoms with Gasteiger partial charge in [-0.3, -0.25) is 4.79 Å². The Morgan fingerprint density at radius 3 is 2.83 bits per heavy atom. The molecule has 0 fully saturated rings. The molecule has 3 nitrogen and oxygen atoms in total. The Balaban J connectivity index is 2.43. The van der Waals surface area contributed by atoms with Crippen LogP contribution in [0.25, 0.3) is 10.9 Å². The molecule has 0 atom stereocenters. The van der Waals surface area contributed by atoms with Crippen LogP contribution in [0, 0.1) is 18.7 Å². The summed E-state index contributed by atoms with van der Waals surface area (Å²) >= 11 is 0. The molecule has 4 heteroatoms. The minimum Gasteiger partial charge on any atom is -0.358 e. The average molecular weight is 248 g/mol. The molecule has 2 rings (SSSR count). The Kier molecular flexibility index (Phi) is 3.36. The van der Waals surface area contributed by atoms with Crippen LogP contribution in [-0.4, -0.2) is 17.4 Å². The maximum atomic E-state index is 13.8. The number of aromatic nitrogens is 1. The minimum atomic E-state index is -0.369. The van der Waals surface area contributed by atoms with Crippen molar-refractivity contribution in [3.8, 4) is 0 Å². The monoisotopic (exact) mass is 248 g/mol. The fourth-order valence-corrected chi connectivity index (χ4v) is 2.00. The molecule has 1 heterocycles. The van der Waals surface area contributed by atoms with Crippen LogP contribution in [0.2, 0.25) is 0 Å². The first-order chi connectivity index (χ1) is 8.50. The number of fused-ring (bicyclic) bond motifs is 1. The predicted molar refractivity (Wildman–Crippen MR) is 70.2 cm³/mol. The predicted octanol–water partition coefficient (Wildman–Crippen LogP) is 3.00. The molecule has 0 saturated heterocycles. The summed E-state index contributed by atoms with van der Waals surface area (Å²) in [5.41, 5.74) is 1.75. The van der Waals surface area contributed by atoms with Crippen molar-refractivity contribution >= 4 is 16.8 Å². The summed E-state index contributed by atoms with van der Waals surface area (Å²) in [6.07, 6.45) is 0. The van der Waals surface area contributed by atoms with Crippen molar-refractivity contribution < 1.29 is 9.18 Å². The molecule has 0 aliphatic carbocycles. The van der Waals surface area contributed by atoms with Gasteiger partial charge in [-0.25, -0.2) is 4.39 Å². The first-order valence-electron chi connectivity index (χ1n) is 6.05. The Bertz CT molecular complexity index is 587. The van der Waals surface area contributed by atoms with Gasteiger partial charge < -0.3 is 10.3 Å². The topological polar surface area (TPSA) is 44.9 Å². The Morgan fingerprint density at radius 2 is 2.17 bits per heavy atom. The van der Waals surface area contributed by atoms with Gasteiger partial charge >= 0.3 is 0 Å². The third kappa shape index (κ3) is 2.23. The first kappa shape index (κ1) is 12.6. The third-order valence-electron chi connectivity index (χ3n) is 2.86. The second-order valence-electron chi connectivity index (χ2n) is 4.89. The average Bonchev–Trinajstić information content (AvgIpc) is 2.63. The molecular weight excluding hydrogens is 231 g/mol. The fraction of sp³-hybridized carbons (Fsp3) is 0.357. The zero-order valence-corrected chi connectivity index (χ0v) is 10.8. The van der Waals surface area contributed by atoms with E-state index in [9.17, 15) is 9.18 Å². The van der Waals surface area contributed by atoms with Gasteiger partial charge in [0.1, 0.15) is 5.82 Å². The van der Waals surface area contributed by atoms with E-state index < -0.39 is 0 Å². The van der Waals surface area contributed by atoms with Gasteiger partial charge in [0, 0.05) is 23.1 Å². The zero-order valence-electron chi connectivity index (χ0n) is 10.8. The van der Waals surface area contributed by atoms with Gasteiger partial charge in [-0.1, -0.05) is 19.9 Å². The summed E-state index contributed by atoms with van der Waals surface area (Å²) in [6.45, 7) is 6.40. The number of aryl methyl sites for hydroxylation is 1. The van der Waals surface area contributed by atoms with E-state index >= 15 is 0 Å². The molecule has 0 aliphatic rings. The highest BCUT2D eigenvalue weighted by Crippen LogP contribution is 2.24. The number of halogens is 1. The van der Waals surface area contributed by atoms with Crippen molar-refractivity contribution in [2.75, 3.05) is 6.54 Å². The molecule has 1 aromatic carbocycles. The maximum Gasteiger partial charge on any atom is 0.253 e. The number of carbonyl (C=O) groups is 1. The lowest BCUT2D eigenvalue weighted by Crippen LogP contribution is -2.27. The number of hydrogen-bond acceptors (Lipinski definition) is 1. The van der Waals surface area contributed by atoms with E-state index in [4.69, 9.17) is 0 Å². The SMILES string of the molecule is Cc1[nH]c2cccc(F)c2c1C(=O)NCC(C)C. The van der Waals surface area contributed by atoms with Crippen LogP contribution in [0.5, 0.6) is 0 Å². The van der Waals surface area contributed by atoms with Crippen LogP contribution >= 0.6 is 0 Å². The van der Waals surface area contributed by atoms with Gasteiger partial charge in [0.25, 0.3) is 5.91 Å². The smallest absolute Gasteiger partial charge is 0.253 e. The first-order valence-corrected chi connectivity index (χ1v) is 6.05. The molecule has 0 spiro atoms. The van der Waals surface area contributed by atoms with Crippen LogP contribution in [0.4, 0.5) is 4.39 Å². The quantitative estimate of drug-likeness (QED) is 0.861. The summed E-state index contributed by atoms with van der Waals surface area (Å²) in [7, 11) is 0. The number of nitrogens with one attached hydrogen (secondary N) is 2. The zero-order chi connectivity index (χ0) is 13.3. The molecule has 2 aromatic rings. The number of amides is 1. The number of rotatable bonds is 3. The molecule has 1 amide bonds. The molecular formula is C14H17FN2O. The normalized spacial score (nSPS) is 11.2. The highest BCUT2D eigenvalue weighted by molar-refractivity contribution is 6.08. The molecule has 0 unspecified atom stereocenters. The molecule has 0 aliphatic heterocycles. The Hall–Kier alpha value is -1.84. The molecule has 0 bridgehead atoms. The van der Waals surface area contributed by atoms with Crippen molar-refractivity contribution in [3.63, 3.8) is 0 Å². The second-order valence-corrected chi connectivity index (χ2v) is 4.89. The van der Waals surface area contributed by atoms with Crippen molar-refractivity contribution in [1.29, 1.82) is 0 Å². The lowest BCUT2D eigenvalue weighted by atomic mass is 10.1. The van der Waals surface area contributed by atoms with E-state index in [1.807, 2.05) is 13.8 Å². The molecule has 0 radical (unpaired) electrons. The van der Waals surface area contributed by atoms with Gasteiger partial charge in [0.15, 0.2) is 0 Å². The van der Waals surface area contributed by atoms with Gasteiger partial charge in [-0.2, -0.15) is 0 Å². The third-order valence-corrected chi connectivity index (χ3v) is 2.86. The Morgan fingerprint density at radius 1 is 1.44 bits per heavy atom. The van der Waals surface area contributed by atoms with Crippen LogP contribution in [-0.2, 0) is 0 Å². The van der Waals surface area contributed by atoms with Crippen LogP contribution in [0.3, 0.4) is 0 Å². The van der Waals surface area contributed by atoms with E-state index in [0.29, 0.717) is 34.6 Å². The van der Waals surface area contributed by atoms with E-state index in [1.54, 1.807) is 19.1 Å². The summed E-state index contributed by atoms with van der Waals surface area (Å²) < 4.78 is 13.8. The standard InChI is InChI=1S/C14H17FN2O/c1-8(2)7-16-14(18)12-9(3)17-11-6-4-5-10(15)13(11)12/h4-6,8,17H,7H2,1-3H3,(H,16,18). The summed E-state index contributed by atoms with van der Waals surface area (Å²) in [5, 5.41) is 3.19. The van der Waals surface area contributed by atoms with Gasteiger partial charge in [-0.05, 0) is 25.0 Å². The van der Waals surface area contributed by atoms with Crippen molar-refractivity contribution in [3.05, 3.63) is 35.3 Å². The number of hydrogen-bond donors (Lipinski definition) is 2. The van der Waals surface area contributed by atoms with Gasteiger partial charge in [-0.15, -0.1) is 0 Å². The summed E-state index contributed by atoms with van der Waals surface area (Å²) in [4.78, 5) is 15.1. The number of aromatic amines is 1. The van der Waals surface area contributed by atoms with Crippen molar-refractivity contribution in [2.45, 2.75) is 20.8 Å². The highest BCUT2D eigenvalue weighted by Gasteiger charge is 2.18. The molecule has 96 valence electrons. The fourth-order valence-electron chi connectivity index (χ4n) is 2.00. The molecule has 0 saturated carbocycles. The van der Waals surface area contributed by atoms with Crippen LogP contribution in [0.15, 0.2) is 18.2 Å². The largest absolute Gasteiger partial charge is 0.358 e. The van der Waals surface area contributed by atoms with E-state index in [1.165, 1.54) is 6.07 Å². The number of benzene rings is 1. The molecule has 2 N–H and O–H groups in total. The lowest BCUT2D eigenvalue weighted by Gasteiger charge is -2.07. The van der Waals surface area contributed by atoms with Gasteiger partial charge in [0.2, 0.25) is 0 Å². The highest BCUT2D eigenvalue weighted by atomic mass is 19.1. The van der Waals surface area contributed by atoms with Crippen LogP contribution < -0.4 is 5.32 Å². The number of carbonyl (C=O) groups excluding carboxylic acids is 1. The van der Waals surface area contributed by atoms with E-state index in [-0.39, 0.29) is 11.7 Å². The van der Waals surface area contributed by atoms with Crippen molar-refractivity contribution in [2.24, 2.45) is 5.92 Å². The maximum absolute atomic E-state index is 13.8. The van der Waals surface area contributed by atoms with E-state index in [0.717, 1.165) is 0 Å².